The van der Waals surface area contributed by atoms with Gasteiger partial charge in [0.25, 0.3) is 0 Å². The molecule has 1 amide bonds. The first kappa shape index (κ1) is 12.9. The molecule has 0 aliphatic carbocycles. The number of rotatable bonds is 5. The van der Waals surface area contributed by atoms with Gasteiger partial charge in [0.05, 0.1) is 0 Å². The third-order valence-corrected chi connectivity index (χ3v) is 4.70. The minimum atomic E-state index is 0.314. The number of carbonyl (C=O) groups excluding carboxylic acids is 1. The highest BCUT2D eigenvalue weighted by Crippen LogP contribution is 2.25. The van der Waals surface area contributed by atoms with E-state index in [1.165, 1.54) is 0 Å². The van der Waals surface area contributed by atoms with Crippen LogP contribution in [-0.2, 0) is 4.79 Å². The van der Waals surface area contributed by atoms with E-state index < -0.39 is 0 Å². The van der Waals surface area contributed by atoms with Crippen LogP contribution in [0.3, 0.4) is 0 Å². The Morgan fingerprint density at radius 3 is 3.12 bits per heavy atom. The maximum atomic E-state index is 11.4. The van der Waals surface area contributed by atoms with Gasteiger partial charge in [-0.15, -0.1) is 11.8 Å². The Morgan fingerprint density at radius 1 is 1.53 bits per heavy atom. The van der Waals surface area contributed by atoms with E-state index in [-0.39, 0.29) is 0 Å². The fourth-order valence-corrected chi connectivity index (χ4v) is 3.25. The molecule has 1 aliphatic heterocycles. The van der Waals surface area contributed by atoms with Crippen LogP contribution in [0.4, 0.5) is 0 Å². The molecule has 1 aliphatic rings. The van der Waals surface area contributed by atoms with E-state index in [2.05, 4.69) is 20.9 Å². The molecular weight excluding hydrogens is 300 g/mol. The third-order valence-electron chi connectivity index (χ3n) is 2.71. The lowest BCUT2D eigenvalue weighted by Gasteiger charge is -2.14. The van der Waals surface area contributed by atoms with Gasteiger partial charge in [0.15, 0.2) is 0 Å². The number of nitrogens with zero attached hydrogens (tertiary/aromatic N) is 2. The summed E-state index contributed by atoms with van der Waals surface area (Å²) in [6.07, 6.45) is 4.59. The number of likely N-dealkylation sites (tertiary alicyclic amines) is 1. The maximum absolute atomic E-state index is 11.4. The summed E-state index contributed by atoms with van der Waals surface area (Å²) >= 11 is 5.21. The number of carbonyl (C=O) groups is 1. The largest absolute Gasteiger partial charge is 0.343 e. The van der Waals surface area contributed by atoms with Crippen molar-refractivity contribution in [1.82, 2.24) is 9.88 Å². The molecule has 0 saturated carbocycles. The molecule has 17 heavy (non-hydrogen) atoms. The Labute approximate surface area is 114 Å². The van der Waals surface area contributed by atoms with Gasteiger partial charge in [-0.1, -0.05) is 0 Å². The van der Waals surface area contributed by atoms with Crippen molar-refractivity contribution in [3.8, 4) is 0 Å². The second-order valence-electron chi connectivity index (χ2n) is 3.98. The van der Waals surface area contributed by atoms with Crippen LogP contribution >= 0.6 is 27.7 Å². The van der Waals surface area contributed by atoms with E-state index >= 15 is 0 Å². The molecule has 1 aromatic heterocycles. The molecule has 0 aromatic carbocycles. The van der Waals surface area contributed by atoms with E-state index in [1.54, 1.807) is 18.0 Å². The number of thioether (sulfide) groups is 1. The molecule has 2 rings (SSSR count). The highest BCUT2D eigenvalue weighted by molar-refractivity contribution is 9.10. The van der Waals surface area contributed by atoms with E-state index in [4.69, 9.17) is 0 Å². The molecule has 5 heteroatoms. The average molecular weight is 315 g/mol. The monoisotopic (exact) mass is 314 g/mol. The Bertz CT molecular complexity index is 400. The van der Waals surface area contributed by atoms with Crippen LogP contribution < -0.4 is 0 Å². The molecule has 0 spiro atoms. The zero-order valence-electron chi connectivity index (χ0n) is 9.56. The van der Waals surface area contributed by atoms with Gasteiger partial charge < -0.3 is 4.90 Å². The van der Waals surface area contributed by atoms with Crippen LogP contribution in [0.25, 0.3) is 0 Å². The van der Waals surface area contributed by atoms with Crippen molar-refractivity contribution in [2.24, 2.45) is 0 Å². The summed E-state index contributed by atoms with van der Waals surface area (Å²) in [4.78, 5) is 17.7. The van der Waals surface area contributed by atoms with Crippen LogP contribution in [-0.4, -0.2) is 34.6 Å². The lowest BCUT2D eigenvalue weighted by molar-refractivity contribution is -0.127. The number of amides is 1. The highest BCUT2D eigenvalue weighted by Gasteiger charge is 2.18. The van der Waals surface area contributed by atoms with Crippen LogP contribution in [0.5, 0.6) is 0 Å². The molecule has 0 unspecified atom stereocenters. The van der Waals surface area contributed by atoms with E-state index in [0.29, 0.717) is 5.91 Å². The normalized spacial score (nSPS) is 15.6. The Balaban J connectivity index is 1.70. The summed E-state index contributed by atoms with van der Waals surface area (Å²) < 4.78 is 1.04. The Hall–Kier alpha value is -0.550. The maximum Gasteiger partial charge on any atom is 0.222 e. The van der Waals surface area contributed by atoms with Gasteiger partial charge >= 0.3 is 0 Å². The highest BCUT2D eigenvalue weighted by atomic mass is 79.9. The predicted octanol–water partition coefficient (Wildman–Crippen LogP) is 2.95. The minimum Gasteiger partial charge on any atom is -0.343 e. The Morgan fingerprint density at radius 2 is 2.41 bits per heavy atom. The van der Waals surface area contributed by atoms with E-state index in [9.17, 15) is 4.79 Å². The molecule has 0 N–H and O–H groups in total. The van der Waals surface area contributed by atoms with Gasteiger partial charge in [-0.2, -0.15) is 0 Å². The molecule has 1 fully saturated rings. The lowest BCUT2D eigenvalue weighted by Crippen LogP contribution is -2.25. The second-order valence-corrected chi connectivity index (χ2v) is 5.91. The van der Waals surface area contributed by atoms with Gasteiger partial charge in [-0.3, -0.25) is 4.79 Å². The standard InChI is InChI=1S/C12H15BrN2OS/c13-10-4-1-6-14-12(10)17-9-3-8-15-7-2-5-11(15)16/h1,4,6H,2-3,5,7-9H2. The summed E-state index contributed by atoms with van der Waals surface area (Å²) in [5.41, 5.74) is 0. The quantitative estimate of drug-likeness (QED) is 0.619. The topological polar surface area (TPSA) is 33.2 Å². The number of aromatic nitrogens is 1. The van der Waals surface area contributed by atoms with E-state index in [0.717, 1.165) is 47.6 Å². The number of hydrogen-bond acceptors (Lipinski definition) is 3. The average Bonchev–Trinajstić information content (AvgIpc) is 2.73. The SMILES string of the molecule is O=C1CCCN1CCCSc1ncccc1Br. The molecule has 2 heterocycles. The molecule has 3 nitrogen and oxygen atoms in total. The molecule has 1 aromatic rings. The van der Waals surface area contributed by atoms with Gasteiger partial charge in [-0.25, -0.2) is 4.98 Å². The van der Waals surface area contributed by atoms with Gasteiger partial charge in [0, 0.05) is 35.9 Å². The summed E-state index contributed by atoms with van der Waals surface area (Å²) in [5, 5.41) is 1.03. The first-order valence-electron chi connectivity index (χ1n) is 5.78. The van der Waals surface area contributed by atoms with Gasteiger partial charge in [0.2, 0.25) is 5.91 Å². The summed E-state index contributed by atoms with van der Waals surface area (Å²) in [6, 6.07) is 3.91. The van der Waals surface area contributed by atoms with Crippen LogP contribution in [0.15, 0.2) is 27.8 Å². The molecular formula is C12H15BrN2OS. The fourth-order valence-electron chi connectivity index (χ4n) is 1.84. The zero-order chi connectivity index (χ0) is 12.1. The molecule has 0 bridgehead atoms. The predicted molar refractivity (Wildman–Crippen MR) is 73.1 cm³/mol. The van der Waals surface area contributed by atoms with Crippen molar-refractivity contribution in [2.75, 3.05) is 18.8 Å². The van der Waals surface area contributed by atoms with Crippen molar-refractivity contribution in [1.29, 1.82) is 0 Å². The van der Waals surface area contributed by atoms with Gasteiger partial charge in [0.1, 0.15) is 5.03 Å². The fraction of sp³-hybridized carbons (Fsp3) is 0.500. The molecule has 1 saturated heterocycles. The van der Waals surface area contributed by atoms with E-state index in [1.807, 2.05) is 17.0 Å². The van der Waals surface area contributed by atoms with Crippen molar-refractivity contribution in [3.63, 3.8) is 0 Å². The van der Waals surface area contributed by atoms with Crippen LogP contribution in [0.1, 0.15) is 19.3 Å². The summed E-state index contributed by atoms with van der Waals surface area (Å²) in [7, 11) is 0. The second kappa shape index (κ2) is 6.40. The van der Waals surface area contributed by atoms with Crippen molar-refractivity contribution >= 4 is 33.6 Å². The van der Waals surface area contributed by atoms with Crippen molar-refractivity contribution < 1.29 is 4.79 Å². The smallest absolute Gasteiger partial charge is 0.222 e. The summed E-state index contributed by atoms with van der Waals surface area (Å²) in [6.45, 7) is 1.83. The van der Waals surface area contributed by atoms with Crippen molar-refractivity contribution in [2.45, 2.75) is 24.3 Å². The first-order chi connectivity index (χ1) is 8.27. The first-order valence-corrected chi connectivity index (χ1v) is 7.56. The van der Waals surface area contributed by atoms with Crippen LogP contribution in [0.2, 0.25) is 0 Å². The Kier molecular flexibility index (Phi) is 4.86. The number of pyridine rings is 1. The summed E-state index contributed by atoms with van der Waals surface area (Å²) in [5.74, 6) is 1.31. The minimum absolute atomic E-state index is 0.314. The number of hydrogen-bond donors (Lipinski definition) is 0. The molecule has 0 radical (unpaired) electrons. The number of halogens is 1. The zero-order valence-corrected chi connectivity index (χ0v) is 12.0. The van der Waals surface area contributed by atoms with Crippen LogP contribution in [0, 0.1) is 0 Å². The molecule has 92 valence electrons. The third kappa shape index (κ3) is 3.71. The van der Waals surface area contributed by atoms with Gasteiger partial charge in [-0.05, 0) is 40.9 Å². The lowest BCUT2D eigenvalue weighted by atomic mass is 10.4. The van der Waals surface area contributed by atoms with Crippen molar-refractivity contribution in [3.05, 3.63) is 22.8 Å². The molecule has 0 atom stereocenters.